The summed E-state index contributed by atoms with van der Waals surface area (Å²) in [7, 11) is 0. The van der Waals surface area contributed by atoms with Crippen LogP contribution in [0.5, 0.6) is 0 Å². The molecule has 116 valence electrons. The highest BCUT2D eigenvalue weighted by Gasteiger charge is 2.16. The van der Waals surface area contributed by atoms with Gasteiger partial charge >= 0.3 is 0 Å². The van der Waals surface area contributed by atoms with Gasteiger partial charge in [0.25, 0.3) is 0 Å². The molecule has 0 unspecified atom stereocenters. The van der Waals surface area contributed by atoms with Crippen LogP contribution in [-0.4, -0.2) is 11.5 Å². The van der Waals surface area contributed by atoms with Gasteiger partial charge in [0.2, 0.25) is 0 Å². The summed E-state index contributed by atoms with van der Waals surface area (Å²) in [6.07, 6.45) is 3.14. The van der Waals surface area contributed by atoms with Gasteiger partial charge in [-0.2, -0.15) is 0 Å². The van der Waals surface area contributed by atoms with Crippen molar-refractivity contribution in [2.45, 2.75) is 26.2 Å². The third-order valence-corrected chi connectivity index (χ3v) is 5.57. The van der Waals surface area contributed by atoms with E-state index in [4.69, 9.17) is 17.3 Å². The van der Waals surface area contributed by atoms with E-state index in [1.54, 1.807) is 0 Å². The molecule has 0 atom stereocenters. The van der Waals surface area contributed by atoms with Crippen molar-refractivity contribution in [2.24, 2.45) is 5.73 Å². The van der Waals surface area contributed by atoms with Crippen LogP contribution in [0.25, 0.3) is 21.5 Å². The average molecular weight is 398 g/mol. The Labute approximate surface area is 147 Å². The van der Waals surface area contributed by atoms with Crippen LogP contribution in [0.3, 0.4) is 0 Å². The van der Waals surface area contributed by atoms with Crippen molar-refractivity contribution in [1.29, 1.82) is 0 Å². The lowest BCUT2D eigenvalue weighted by Crippen LogP contribution is -1.99. The Balaban J connectivity index is 2.16. The van der Waals surface area contributed by atoms with Crippen molar-refractivity contribution >= 4 is 49.8 Å². The van der Waals surface area contributed by atoms with E-state index in [1.165, 1.54) is 26.4 Å². The first-order valence-corrected chi connectivity index (χ1v) is 9.35. The van der Waals surface area contributed by atoms with Crippen molar-refractivity contribution in [3.63, 3.8) is 0 Å². The fraction of sp³-hybridized carbons (Fsp3) is 0.294. The quantitative estimate of drug-likeness (QED) is 0.517. The molecule has 0 fully saturated rings. The molecule has 22 heavy (non-hydrogen) atoms. The van der Waals surface area contributed by atoms with Gasteiger partial charge in [-0.1, -0.05) is 27.5 Å². The number of benzene rings is 1. The first-order valence-electron chi connectivity index (χ1n) is 7.36. The van der Waals surface area contributed by atoms with E-state index in [9.17, 15) is 0 Å². The summed E-state index contributed by atoms with van der Waals surface area (Å²) in [6.45, 7) is 2.87. The highest BCUT2D eigenvalue weighted by atomic mass is 79.9. The molecular formula is C17H18BrClN2S. The highest BCUT2D eigenvalue weighted by Crippen LogP contribution is 2.38. The molecule has 0 saturated carbocycles. The smallest absolute Gasteiger partial charge is 0.0658 e. The molecule has 0 saturated heterocycles. The topological polar surface area (TPSA) is 41.8 Å². The zero-order valence-electron chi connectivity index (χ0n) is 12.4. The fourth-order valence-corrected chi connectivity index (χ4v) is 4.51. The van der Waals surface area contributed by atoms with E-state index >= 15 is 0 Å². The SMILES string of the molecule is Cc1ccc(-c2[nH]c3c(Cl)cc(Br)cc3c2CCCCN)s1. The van der Waals surface area contributed by atoms with Gasteiger partial charge in [0.05, 0.1) is 21.1 Å². The van der Waals surface area contributed by atoms with Gasteiger partial charge in [-0.25, -0.2) is 0 Å². The number of H-pyrrole nitrogens is 1. The molecule has 2 nitrogen and oxygen atoms in total. The number of nitrogens with one attached hydrogen (secondary N) is 1. The summed E-state index contributed by atoms with van der Waals surface area (Å²) in [5.41, 5.74) is 9.21. The van der Waals surface area contributed by atoms with Crippen LogP contribution < -0.4 is 5.73 Å². The number of unbranched alkanes of at least 4 members (excludes halogenated alkanes) is 1. The molecule has 2 aromatic heterocycles. The molecule has 0 aliphatic carbocycles. The van der Waals surface area contributed by atoms with Gasteiger partial charge in [0.15, 0.2) is 0 Å². The lowest BCUT2D eigenvalue weighted by molar-refractivity contribution is 0.748. The van der Waals surface area contributed by atoms with Crippen molar-refractivity contribution in [3.8, 4) is 10.6 Å². The van der Waals surface area contributed by atoms with E-state index in [0.717, 1.165) is 40.8 Å². The molecule has 3 N–H and O–H groups in total. The second-order valence-electron chi connectivity index (χ2n) is 5.44. The lowest BCUT2D eigenvalue weighted by Gasteiger charge is -2.03. The number of fused-ring (bicyclic) bond motifs is 1. The number of aromatic nitrogens is 1. The number of aromatic amines is 1. The maximum absolute atomic E-state index is 6.42. The maximum Gasteiger partial charge on any atom is 0.0658 e. The summed E-state index contributed by atoms with van der Waals surface area (Å²) in [6, 6.07) is 8.43. The number of nitrogens with two attached hydrogens (primary N) is 1. The number of thiophene rings is 1. The normalized spacial score (nSPS) is 11.5. The lowest BCUT2D eigenvalue weighted by atomic mass is 10.0. The zero-order valence-corrected chi connectivity index (χ0v) is 15.5. The minimum Gasteiger partial charge on any atom is -0.352 e. The standard InChI is InChI=1S/C17H18BrClN2S/c1-10-5-6-15(22-10)17-12(4-2-3-7-20)13-8-11(18)9-14(19)16(13)21-17/h5-6,8-9,21H,2-4,7,20H2,1H3. The number of hydrogen-bond donors (Lipinski definition) is 2. The Morgan fingerprint density at radius 2 is 2.09 bits per heavy atom. The minimum atomic E-state index is 0.736. The number of halogens is 2. The summed E-state index contributed by atoms with van der Waals surface area (Å²) >= 11 is 11.8. The molecule has 0 radical (unpaired) electrons. The second kappa shape index (κ2) is 6.75. The Morgan fingerprint density at radius 3 is 2.77 bits per heavy atom. The van der Waals surface area contributed by atoms with E-state index < -0.39 is 0 Å². The first kappa shape index (κ1) is 16.1. The number of aryl methyl sites for hydroxylation is 2. The van der Waals surface area contributed by atoms with Gasteiger partial charge in [-0.3, -0.25) is 0 Å². The molecule has 3 rings (SSSR count). The fourth-order valence-electron chi connectivity index (χ4n) is 2.76. The third kappa shape index (κ3) is 3.11. The predicted octanol–water partition coefficient (Wildman–Crippen LogP) is 5.90. The van der Waals surface area contributed by atoms with E-state index in [0.29, 0.717) is 0 Å². The van der Waals surface area contributed by atoms with Crippen molar-refractivity contribution in [1.82, 2.24) is 4.98 Å². The molecule has 0 bridgehead atoms. The van der Waals surface area contributed by atoms with Crippen LogP contribution in [-0.2, 0) is 6.42 Å². The van der Waals surface area contributed by atoms with Crippen LogP contribution in [0, 0.1) is 6.92 Å². The van der Waals surface area contributed by atoms with Gasteiger partial charge in [0, 0.05) is 14.7 Å². The Bertz CT molecular complexity index is 806. The first-order chi connectivity index (χ1) is 10.6. The minimum absolute atomic E-state index is 0.736. The molecule has 2 heterocycles. The summed E-state index contributed by atoms with van der Waals surface area (Å²) in [4.78, 5) is 6.12. The number of hydrogen-bond acceptors (Lipinski definition) is 2. The maximum atomic E-state index is 6.42. The van der Waals surface area contributed by atoms with Gasteiger partial charge < -0.3 is 10.7 Å². The van der Waals surface area contributed by atoms with Crippen molar-refractivity contribution in [3.05, 3.63) is 44.2 Å². The van der Waals surface area contributed by atoms with Crippen molar-refractivity contribution in [2.75, 3.05) is 6.54 Å². The van der Waals surface area contributed by atoms with E-state index in [1.807, 2.05) is 17.4 Å². The highest BCUT2D eigenvalue weighted by molar-refractivity contribution is 9.10. The van der Waals surface area contributed by atoms with Crippen LogP contribution in [0.15, 0.2) is 28.7 Å². The Hall–Kier alpha value is -0.810. The molecular weight excluding hydrogens is 380 g/mol. The van der Waals surface area contributed by atoms with E-state index in [2.05, 4.69) is 46.0 Å². The molecule has 0 amide bonds. The summed E-state index contributed by atoms with van der Waals surface area (Å²) in [5.74, 6) is 0. The molecule has 5 heteroatoms. The Kier molecular flexibility index (Phi) is 4.93. The predicted molar refractivity (Wildman–Crippen MR) is 101 cm³/mol. The molecule has 1 aromatic carbocycles. The van der Waals surface area contributed by atoms with Gasteiger partial charge in [-0.15, -0.1) is 11.3 Å². The number of rotatable bonds is 5. The Morgan fingerprint density at radius 1 is 1.27 bits per heavy atom. The van der Waals surface area contributed by atoms with E-state index in [-0.39, 0.29) is 0 Å². The van der Waals surface area contributed by atoms with Crippen LogP contribution in [0.2, 0.25) is 5.02 Å². The monoisotopic (exact) mass is 396 g/mol. The zero-order chi connectivity index (χ0) is 15.7. The molecule has 0 aliphatic rings. The molecule has 0 aliphatic heterocycles. The summed E-state index contributed by atoms with van der Waals surface area (Å²) in [5, 5.41) is 1.96. The largest absolute Gasteiger partial charge is 0.352 e. The average Bonchev–Trinajstić information content (AvgIpc) is 3.04. The van der Waals surface area contributed by atoms with Gasteiger partial charge in [0.1, 0.15) is 0 Å². The second-order valence-corrected chi connectivity index (χ2v) is 8.06. The summed E-state index contributed by atoms with van der Waals surface area (Å²) < 4.78 is 1.01. The van der Waals surface area contributed by atoms with Gasteiger partial charge in [-0.05, 0) is 62.6 Å². The van der Waals surface area contributed by atoms with Crippen LogP contribution in [0.4, 0.5) is 0 Å². The van der Waals surface area contributed by atoms with Crippen LogP contribution >= 0.6 is 38.9 Å². The van der Waals surface area contributed by atoms with Crippen molar-refractivity contribution < 1.29 is 0 Å². The molecule has 3 aromatic rings. The van der Waals surface area contributed by atoms with Crippen LogP contribution in [0.1, 0.15) is 23.3 Å². The molecule has 0 spiro atoms. The third-order valence-electron chi connectivity index (χ3n) is 3.80.